The lowest BCUT2D eigenvalue weighted by atomic mass is 10.5. The van der Waals surface area contributed by atoms with Crippen LogP contribution in [0.2, 0.25) is 0 Å². The molecule has 0 unspecified atom stereocenters. The summed E-state index contributed by atoms with van der Waals surface area (Å²) in [6, 6.07) is -0.0226. The molecule has 0 bridgehead atoms. The van der Waals surface area contributed by atoms with Crippen LogP contribution in [-0.2, 0) is 0 Å². The van der Waals surface area contributed by atoms with Crippen LogP contribution in [0, 0.1) is 0 Å². The Bertz CT molecular complexity index is 411. The van der Waals surface area contributed by atoms with Gasteiger partial charge in [0.05, 0.1) is 6.10 Å². The van der Waals surface area contributed by atoms with Crippen molar-refractivity contribution in [1.29, 1.82) is 0 Å². The van der Waals surface area contributed by atoms with E-state index in [1.807, 2.05) is 6.92 Å². The van der Waals surface area contributed by atoms with Gasteiger partial charge in [0.1, 0.15) is 6.54 Å². The molecule has 0 spiro atoms. The number of aromatic nitrogens is 3. The van der Waals surface area contributed by atoms with Gasteiger partial charge >= 0.3 is 12.2 Å². The van der Waals surface area contributed by atoms with Gasteiger partial charge in [-0.3, -0.25) is 0 Å². The molecule has 1 aromatic rings. The van der Waals surface area contributed by atoms with Crippen molar-refractivity contribution in [3.8, 4) is 6.01 Å². The fraction of sp³-hybridized carbons (Fsp3) is 0.700. The van der Waals surface area contributed by atoms with Gasteiger partial charge in [0.25, 0.3) is 0 Å². The van der Waals surface area contributed by atoms with Crippen LogP contribution in [0.5, 0.6) is 6.01 Å². The van der Waals surface area contributed by atoms with Crippen LogP contribution in [0.1, 0.15) is 20.8 Å². The zero-order chi connectivity index (χ0) is 14.5. The summed E-state index contributed by atoms with van der Waals surface area (Å²) in [5.74, 6) is -0.0169. The molecule has 6 nitrogen and oxygen atoms in total. The van der Waals surface area contributed by atoms with E-state index in [1.165, 1.54) is 0 Å². The van der Waals surface area contributed by atoms with Crippen molar-refractivity contribution in [1.82, 2.24) is 15.0 Å². The third-order valence-corrected chi connectivity index (χ3v) is 1.74. The summed E-state index contributed by atoms with van der Waals surface area (Å²) in [5.41, 5.74) is 0. The van der Waals surface area contributed by atoms with E-state index in [0.29, 0.717) is 6.54 Å². The van der Waals surface area contributed by atoms with Crippen LogP contribution in [0.3, 0.4) is 0 Å². The summed E-state index contributed by atoms with van der Waals surface area (Å²) in [4.78, 5) is 11.5. The number of anilines is 2. The highest BCUT2D eigenvalue weighted by Gasteiger charge is 2.27. The Balaban J connectivity index is 2.86. The molecule has 0 saturated carbocycles. The molecule has 0 aliphatic carbocycles. The van der Waals surface area contributed by atoms with Crippen molar-refractivity contribution in [3.05, 3.63) is 0 Å². The molecule has 1 aromatic heterocycles. The normalized spacial score (nSPS) is 11.5. The summed E-state index contributed by atoms with van der Waals surface area (Å²) in [6.07, 6.45) is -4.53. The van der Waals surface area contributed by atoms with Crippen LogP contribution < -0.4 is 15.4 Å². The molecule has 0 fully saturated rings. The summed E-state index contributed by atoms with van der Waals surface area (Å²) < 4.78 is 41.6. The minimum absolute atomic E-state index is 0.0226. The SMILES string of the molecule is CCNc1nc(NCC(F)(F)F)nc(OC(C)C)n1. The van der Waals surface area contributed by atoms with Crippen molar-refractivity contribution in [2.75, 3.05) is 23.7 Å². The molecule has 19 heavy (non-hydrogen) atoms. The minimum Gasteiger partial charge on any atom is -0.461 e. The number of ether oxygens (including phenoxy) is 1. The van der Waals surface area contributed by atoms with Crippen LogP contribution in [0.25, 0.3) is 0 Å². The van der Waals surface area contributed by atoms with Gasteiger partial charge in [-0.15, -0.1) is 0 Å². The molecular formula is C10H16F3N5O. The molecule has 0 aliphatic heterocycles. The standard InChI is InChI=1S/C10H16F3N5O/c1-4-14-7-16-8(15-5-10(11,12)13)18-9(17-7)19-6(2)3/h6H,4-5H2,1-3H3,(H2,14,15,16,17,18). The molecule has 0 radical (unpaired) electrons. The van der Waals surface area contributed by atoms with E-state index in [2.05, 4.69) is 25.6 Å². The van der Waals surface area contributed by atoms with Gasteiger partial charge in [-0.05, 0) is 20.8 Å². The molecule has 2 N–H and O–H groups in total. The van der Waals surface area contributed by atoms with E-state index in [4.69, 9.17) is 4.74 Å². The predicted molar refractivity (Wildman–Crippen MR) is 64.3 cm³/mol. The van der Waals surface area contributed by atoms with Crippen molar-refractivity contribution >= 4 is 11.9 Å². The first-order valence-corrected chi connectivity index (χ1v) is 5.77. The van der Waals surface area contributed by atoms with Gasteiger partial charge in [-0.1, -0.05) is 0 Å². The van der Waals surface area contributed by atoms with E-state index < -0.39 is 12.7 Å². The van der Waals surface area contributed by atoms with Crippen LogP contribution >= 0.6 is 0 Å². The lowest BCUT2D eigenvalue weighted by Gasteiger charge is -2.12. The molecule has 0 aliphatic rings. The van der Waals surface area contributed by atoms with Crippen molar-refractivity contribution in [2.24, 2.45) is 0 Å². The van der Waals surface area contributed by atoms with Gasteiger partial charge < -0.3 is 15.4 Å². The van der Waals surface area contributed by atoms with E-state index in [9.17, 15) is 13.2 Å². The van der Waals surface area contributed by atoms with E-state index in [0.717, 1.165) is 0 Å². The monoisotopic (exact) mass is 279 g/mol. The predicted octanol–water partition coefficient (Wildman–Crippen LogP) is 2.06. The maximum Gasteiger partial charge on any atom is 0.405 e. The Morgan fingerprint density at radius 3 is 2.16 bits per heavy atom. The third kappa shape index (κ3) is 6.07. The smallest absolute Gasteiger partial charge is 0.405 e. The Morgan fingerprint density at radius 2 is 1.68 bits per heavy atom. The number of hydrogen-bond donors (Lipinski definition) is 2. The number of halogens is 3. The average Bonchev–Trinajstić information content (AvgIpc) is 2.24. The maximum absolute atomic E-state index is 12.1. The number of nitrogens with one attached hydrogen (secondary N) is 2. The Kier molecular flexibility index (Phi) is 5.13. The summed E-state index contributed by atoms with van der Waals surface area (Å²) in [6.45, 7) is 4.65. The van der Waals surface area contributed by atoms with Crippen LogP contribution in [0.15, 0.2) is 0 Å². The molecule has 0 saturated heterocycles. The second-order valence-corrected chi connectivity index (χ2v) is 3.93. The van der Waals surface area contributed by atoms with Crippen molar-refractivity contribution < 1.29 is 17.9 Å². The topological polar surface area (TPSA) is 72.0 Å². The lowest BCUT2D eigenvalue weighted by Crippen LogP contribution is -2.23. The van der Waals surface area contributed by atoms with Gasteiger partial charge in [-0.2, -0.15) is 28.1 Å². The quantitative estimate of drug-likeness (QED) is 0.830. The fourth-order valence-electron chi connectivity index (χ4n) is 1.12. The molecule has 0 aromatic carbocycles. The summed E-state index contributed by atoms with van der Waals surface area (Å²) in [5, 5.41) is 4.89. The molecule has 1 heterocycles. The van der Waals surface area contributed by atoms with Gasteiger partial charge in [-0.25, -0.2) is 0 Å². The van der Waals surface area contributed by atoms with Gasteiger partial charge in [0, 0.05) is 6.54 Å². The molecule has 0 amide bonds. The van der Waals surface area contributed by atoms with Crippen molar-refractivity contribution in [2.45, 2.75) is 33.1 Å². The molecular weight excluding hydrogens is 263 g/mol. The van der Waals surface area contributed by atoms with Gasteiger partial charge in [0.15, 0.2) is 0 Å². The summed E-state index contributed by atoms with van der Waals surface area (Å²) >= 11 is 0. The number of hydrogen-bond acceptors (Lipinski definition) is 6. The minimum atomic E-state index is -4.34. The highest BCUT2D eigenvalue weighted by molar-refractivity contribution is 5.35. The van der Waals surface area contributed by atoms with Crippen molar-refractivity contribution in [3.63, 3.8) is 0 Å². The Labute approximate surface area is 108 Å². The first-order chi connectivity index (χ1) is 8.80. The maximum atomic E-state index is 12.1. The first kappa shape index (κ1) is 15.3. The van der Waals surface area contributed by atoms with E-state index in [1.54, 1.807) is 13.8 Å². The zero-order valence-corrected chi connectivity index (χ0v) is 10.9. The average molecular weight is 279 g/mol. The number of nitrogens with zero attached hydrogens (tertiary/aromatic N) is 3. The Hall–Kier alpha value is -1.80. The number of rotatable bonds is 6. The fourth-order valence-corrected chi connectivity index (χ4v) is 1.12. The third-order valence-electron chi connectivity index (χ3n) is 1.74. The second kappa shape index (κ2) is 6.39. The molecule has 1 rings (SSSR count). The highest BCUT2D eigenvalue weighted by atomic mass is 19.4. The molecule has 0 atom stereocenters. The second-order valence-electron chi connectivity index (χ2n) is 3.93. The first-order valence-electron chi connectivity index (χ1n) is 5.77. The van der Waals surface area contributed by atoms with Crippen LogP contribution in [-0.4, -0.2) is 40.3 Å². The summed E-state index contributed by atoms with van der Waals surface area (Å²) in [7, 11) is 0. The zero-order valence-electron chi connectivity index (χ0n) is 10.9. The Morgan fingerprint density at radius 1 is 1.11 bits per heavy atom. The highest BCUT2D eigenvalue weighted by Crippen LogP contribution is 2.17. The lowest BCUT2D eigenvalue weighted by molar-refractivity contribution is -0.115. The molecule has 108 valence electrons. The van der Waals surface area contributed by atoms with Crippen LogP contribution in [0.4, 0.5) is 25.1 Å². The number of alkyl halides is 3. The van der Waals surface area contributed by atoms with E-state index in [-0.39, 0.29) is 24.0 Å². The van der Waals surface area contributed by atoms with E-state index >= 15 is 0 Å². The largest absolute Gasteiger partial charge is 0.461 e. The molecule has 9 heteroatoms. The van der Waals surface area contributed by atoms with Gasteiger partial charge in [0.2, 0.25) is 11.9 Å².